The van der Waals surface area contributed by atoms with Gasteiger partial charge in [0.1, 0.15) is 5.82 Å². The fourth-order valence-electron chi connectivity index (χ4n) is 0.898. The highest BCUT2D eigenvalue weighted by molar-refractivity contribution is 14.1. The van der Waals surface area contributed by atoms with Crippen molar-refractivity contribution in [3.05, 3.63) is 27.6 Å². The number of anilines is 1. The third-order valence-corrected chi connectivity index (χ3v) is 2.64. The van der Waals surface area contributed by atoms with E-state index in [4.69, 9.17) is 5.11 Å². The van der Waals surface area contributed by atoms with E-state index in [1.165, 1.54) is 6.07 Å². The molecule has 0 heterocycles. The van der Waals surface area contributed by atoms with Crippen LogP contribution in [0.3, 0.4) is 0 Å². The van der Waals surface area contributed by atoms with E-state index in [9.17, 15) is 4.39 Å². The summed E-state index contributed by atoms with van der Waals surface area (Å²) >= 11 is 1.93. The molecular weight excluding hydrogens is 284 g/mol. The van der Waals surface area contributed by atoms with Crippen LogP contribution in [0.25, 0.3) is 0 Å². The number of rotatable bonds is 3. The molecule has 0 spiro atoms. The van der Waals surface area contributed by atoms with Gasteiger partial charge in [0.25, 0.3) is 0 Å². The molecule has 1 aromatic carbocycles. The first kappa shape index (κ1) is 10.7. The summed E-state index contributed by atoms with van der Waals surface area (Å²) < 4.78 is 13.5. The summed E-state index contributed by atoms with van der Waals surface area (Å²) in [5, 5.41) is 12.0. The van der Waals surface area contributed by atoms with E-state index in [1.807, 2.05) is 22.6 Å². The molecule has 72 valence electrons. The van der Waals surface area contributed by atoms with Crippen molar-refractivity contribution >= 4 is 28.3 Å². The lowest BCUT2D eigenvalue weighted by atomic mass is 10.3. The van der Waals surface area contributed by atoms with E-state index in [-0.39, 0.29) is 5.82 Å². The third-order valence-electron chi connectivity index (χ3n) is 1.54. The van der Waals surface area contributed by atoms with Crippen molar-refractivity contribution in [2.45, 2.75) is 13.0 Å². The molecule has 1 aromatic rings. The molecule has 0 amide bonds. The second kappa shape index (κ2) is 4.76. The fourth-order valence-corrected chi connectivity index (χ4v) is 1.45. The number of nitrogens with one attached hydrogen (secondary N) is 1. The summed E-state index contributed by atoms with van der Waals surface area (Å²) in [4.78, 5) is 0. The monoisotopic (exact) mass is 295 g/mol. The molecule has 0 unspecified atom stereocenters. The number of aliphatic hydroxyl groups is 1. The molecule has 0 saturated heterocycles. The molecule has 0 aliphatic heterocycles. The van der Waals surface area contributed by atoms with Crippen molar-refractivity contribution in [1.29, 1.82) is 0 Å². The Bertz CT molecular complexity index is 291. The largest absolute Gasteiger partial charge is 0.392 e. The molecule has 4 heteroatoms. The van der Waals surface area contributed by atoms with E-state index in [1.54, 1.807) is 19.1 Å². The van der Waals surface area contributed by atoms with Crippen LogP contribution in [0.2, 0.25) is 0 Å². The topological polar surface area (TPSA) is 32.3 Å². The summed E-state index contributed by atoms with van der Waals surface area (Å²) in [5.41, 5.74) is 0.724. The first-order valence-electron chi connectivity index (χ1n) is 3.97. The highest BCUT2D eigenvalue weighted by Crippen LogP contribution is 2.20. The summed E-state index contributed by atoms with van der Waals surface area (Å²) in [6.45, 7) is 2.11. The van der Waals surface area contributed by atoms with Gasteiger partial charge >= 0.3 is 0 Å². The molecule has 2 nitrogen and oxygen atoms in total. The summed E-state index contributed by atoms with van der Waals surface area (Å²) in [5.74, 6) is -0.240. The molecule has 0 aromatic heterocycles. The Hall–Kier alpha value is -0.360. The number of benzene rings is 1. The minimum absolute atomic E-state index is 0.240. The van der Waals surface area contributed by atoms with Gasteiger partial charge in [0.15, 0.2) is 0 Å². The minimum Gasteiger partial charge on any atom is -0.392 e. The quantitative estimate of drug-likeness (QED) is 0.838. The molecule has 1 rings (SSSR count). The molecule has 2 N–H and O–H groups in total. The van der Waals surface area contributed by atoms with E-state index in [2.05, 4.69) is 5.32 Å². The molecule has 0 bridgehead atoms. The smallest absolute Gasteiger partial charge is 0.138 e. The summed E-state index contributed by atoms with van der Waals surface area (Å²) in [6, 6.07) is 4.84. The van der Waals surface area contributed by atoms with Crippen LogP contribution in [0.4, 0.5) is 10.1 Å². The van der Waals surface area contributed by atoms with Gasteiger partial charge in [-0.05, 0) is 41.6 Å². The van der Waals surface area contributed by atoms with E-state index in [0.717, 1.165) is 5.69 Å². The van der Waals surface area contributed by atoms with Crippen molar-refractivity contribution in [3.63, 3.8) is 0 Å². The highest BCUT2D eigenvalue weighted by Gasteiger charge is 2.04. The number of aliphatic hydroxyl groups excluding tert-OH is 1. The maximum Gasteiger partial charge on any atom is 0.138 e. The lowest BCUT2D eigenvalue weighted by Gasteiger charge is -2.10. The third kappa shape index (κ3) is 3.11. The molecule has 0 saturated carbocycles. The molecule has 1 atom stereocenters. The van der Waals surface area contributed by atoms with Crippen molar-refractivity contribution < 1.29 is 9.50 Å². The Balaban J connectivity index is 2.71. The average Bonchev–Trinajstić information content (AvgIpc) is 2.07. The standard InChI is InChI=1S/C9H11FINO/c1-6(13)5-12-8-4-2-3-7(10)9(8)11/h2-4,6,12-13H,5H2,1H3/t6-/m1/s1. The first-order valence-corrected chi connectivity index (χ1v) is 5.05. The van der Waals surface area contributed by atoms with Crippen molar-refractivity contribution in [2.24, 2.45) is 0 Å². The zero-order chi connectivity index (χ0) is 9.84. The Morgan fingerprint density at radius 1 is 1.62 bits per heavy atom. The highest BCUT2D eigenvalue weighted by atomic mass is 127. The lowest BCUT2D eigenvalue weighted by Crippen LogP contribution is -2.16. The maximum atomic E-state index is 13.0. The van der Waals surface area contributed by atoms with Gasteiger partial charge in [-0.3, -0.25) is 0 Å². The van der Waals surface area contributed by atoms with Gasteiger partial charge in [-0.15, -0.1) is 0 Å². The van der Waals surface area contributed by atoms with Crippen molar-refractivity contribution in [1.82, 2.24) is 0 Å². The zero-order valence-corrected chi connectivity index (χ0v) is 9.38. The number of hydrogen-bond acceptors (Lipinski definition) is 2. The molecule has 13 heavy (non-hydrogen) atoms. The van der Waals surface area contributed by atoms with Crippen LogP contribution in [0.5, 0.6) is 0 Å². The van der Waals surface area contributed by atoms with Crippen LogP contribution in [-0.2, 0) is 0 Å². The second-order valence-corrected chi connectivity index (χ2v) is 3.91. The molecular formula is C9H11FINO. The maximum absolute atomic E-state index is 13.0. The normalized spacial score (nSPS) is 12.6. The molecule has 0 aliphatic carbocycles. The lowest BCUT2D eigenvalue weighted by molar-refractivity contribution is 0.208. The van der Waals surface area contributed by atoms with E-state index < -0.39 is 6.10 Å². The predicted octanol–water partition coefficient (Wildman–Crippen LogP) is 2.22. The summed E-state index contributed by atoms with van der Waals surface area (Å²) in [7, 11) is 0. The predicted molar refractivity (Wildman–Crippen MR) is 59.3 cm³/mol. The minimum atomic E-state index is -0.431. The molecule has 0 fully saturated rings. The van der Waals surface area contributed by atoms with Gasteiger partial charge in [0, 0.05) is 6.54 Å². The zero-order valence-electron chi connectivity index (χ0n) is 7.22. The Morgan fingerprint density at radius 3 is 2.92 bits per heavy atom. The molecule has 0 radical (unpaired) electrons. The van der Waals surface area contributed by atoms with Crippen LogP contribution in [0, 0.1) is 9.39 Å². The van der Waals surface area contributed by atoms with Gasteiger partial charge in [-0.2, -0.15) is 0 Å². The van der Waals surface area contributed by atoms with E-state index >= 15 is 0 Å². The van der Waals surface area contributed by atoms with E-state index in [0.29, 0.717) is 10.1 Å². The van der Waals surface area contributed by atoms with Crippen molar-refractivity contribution in [2.75, 3.05) is 11.9 Å². The van der Waals surface area contributed by atoms with Crippen LogP contribution < -0.4 is 5.32 Å². The second-order valence-electron chi connectivity index (χ2n) is 2.83. The SMILES string of the molecule is C[C@@H](O)CNc1cccc(F)c1I. The average molecular weight is 295 g/mol. The fraction of sp³-hybridized carbons (Fsp3) is 0.333. The van der Waals surface area contributed by atoms with Crippen LogP contribution >= 0.6 is 22.6 Å². The van der Waals surface area contributed by atoms with Gasteiger partial charge in [-0.25, -0.2) is 4.39 Å². The van der Waals surface area contributed by atoms with Gasteiger partial charge in [-0.1, -0.05) is 6.07 Å². The van der Waals surface area contributed by atoms with Gasteiger partial charge in [0.2, 0.25) is 0 Å². The van der Waals surface area contributed by atoms with Crippen LogP contribution in [0.1, 0.15) is 6.92 Å². The Morgan fingerprint density at radius 2 is 2.31 bits per heavy atom. The van der Waals surface area contributed by atoms with Crippen molar-refractivity contribution in [3.8, 4) is 0 Å². The van der Waals surface area contributed by atoms with Crippen LogP contribution in [0.15, 0.2) is 18.2 Å². The number of halogens is 2. The Kier molecular flexibility index (Phi) is 3.92. The number of hydrogen-bond donors (Lipinski definition) is 2. The van der Waals surface area contributed by atoms with Gasteiger partial charge in [0.05, 0.1) is 15.4 Å². The Labute approximate surface area is 90.3 Å². The molecule has 0 aliphatic rings. The summed E-state index contributed by atoms with van der Waals surface area (Å²) in [6.07, 6.45) is -0.431. The van der Waals surface area contributed by atoms with Gasteiger partial charge < -0.3 is 10.4 Å². The first-order chi connectivity index (χ1) is 6.11. The van der Waals surface area contributed by atoms with Crippen LogP contribution in [-0.4, -0.2) is 17.8 Å².